The third kappa shape index (κ3) is 4.77. The van der Waals surface area contributed by atoms with Crippen molar-refractivity contribution in [1.29, 1.82) is 0 Å². The molecule has 7 nitrogen and oxygen atoms in total. The molecule has 2 N–H and O–H groups in total. The molecule has 0 unspecified atom stereocenters. The highest BCUT2D eigenvalue weighted by Gasteiger charge is 2.09. The number of morpholine rings is 1. The first-order valence-electron chi connectivity index (χ1n) is 6.83. The molecule has 0 bridgehead atoms. The number of hydrogen-bond acceptors (Lipinski definition) is 8. The van der Waals surface area contributed by atoms with Gasteiger partial charge in [-0.3, -0.25) is 4.90 Å². The van der Waals surface area contributed by atoms with Crippen LogP contribution in [0.1, 0.15) is 6.42 Å². The minimum Gasteiger partial charge on any atom is -0.379 e. The summed E-state index contributed by atoms with van der Waals surface area (Å²) in [5, 5.41) is 6.93. The zero-order valence-corrected chi connectivity index (χ0v) is 12.9. The van der Waals surface area contributed by atoms with E-state index >= 15 is 0 Å². The number of thioether (sulfide) groups is 1. The van der Waals surface area contributed by atoms with Crippen LogP contribution in [0.2, 0.25) is 0 Å². The van der Waals surface area contributed by atoms with Gasteiger partial charge in [-0.25, -0.2) is 0 Å². The van der Waals surface area contributed by atoms with Crippen LogP contribution in [0.3, 0.4) is 0 Å². The molecular formula is C12H22N6OS. The molecule has 1 saturated heterocycles. The fourth-order valence-electron chi connectivity index (χ4n) is 1.97. The first-order chi connectivity index (χ1) is 9.81. The van der Waals surface area contributed by atoms with Gasteiger partial charge in [-0.05, 0) is 19.2 Å². The van der Waals surface area contributed by atoms with E-state index in [1.807, 2.05) is 13.3 Å². The molecule has 2 heterocycles. The Morgan fingerprint density at radius 3 is 2.65 bits per heavy atom. The van der Waals surface area contributed by atoms with Gasteiger partial charge >= 0.3 is 0 Å². The van der Waals surface area contributed by atoms with E-state index in [1.165, 1.54) is 11.8 Å². The maximum Gasteiger partial charge on any atom is 0.228 e. The number of nitrogens with one attached hydrogen (secondary N) is 2. The molecule has 0 aliphatic carbocycles. The second-order valence-electron chi connectivity index (χ2n) is 4.45. The van der Waals surface area contributed by atoms with E-state index in [0.29, 0.717) is 11.9 Å². The molecular weight excluding hydrogens is 276 g/mol. The third-order valence-electron chi connectivity index (χ3n) is 3.06. The highest BCUT2D eigenvalue weighted by atomic mass is 32.2. The van der Waals surface area contributed by atoms with Crippen molar-refractivity contribution in [1.82, 2.24) is 19.9 Å². The molecule has 8 heteroatoms. The molecule has 0 aromatic carbocycles. The standard InChI is InChI=1S/C12H22N6OS/c1-13-10-15-11(17-12(16-10)20-2)14-4-3-5-18-6-8-19-9-7-18/h3-9H2,1-2H3,(H2,13,14,15,16,17). The summed E-state index contributed by atoms with van der Waals surface area (Å²) in [7, 11) is 1.81. The van der Waals surface area contributed by atoms with E-state index < -0.39 is 0 Å². The number of nitrogens with zero attached hydrogens (tertiary/aromatic N) is 4. The molecule has 20 heavy (non-hydrogen) atoms. The van der Waals surface area contributed by atoms with E-state index in [0.717, 1.165) is 51.0 Å². The van der Waals surface area contributed by atoms with E-state index in [4.69, 9.17) is 4.74 Å². The first kappa shape index (κ1) is 15.3. The summed E-state index contributed by atoms with van der Waals surface area (Å²) >= 11 is 1.51. The van der Waals surface area contributed by atoms with E-state index in [-0.39, 0.29) is 0 Å². The number of anilines is 2. The fourth-order valence-corrected chi connectivity index (χ4v) is 2.32. The average Bonchev–Trinajstić information content (AvgIpc) is 2.52. The van der Waals surface area contributed by atoms with Crippen LogP contribution in [0.15, 0.2) is 5.16 Å². The average molecular weight is 298 g/mol. The fraction of sp³-hybridized carbons (Fsp3) is 0.750. The lowest BCUT2D eigenvalue weighted by Gasteiger charge is -2.26. The van der Waals surface area contributed by atoms with E-state index in [1.54, 1.807) is 0 Å². The van der Waals surface area contributed by atoms with Crippen LogP contribution >= 0.6 is 11.8 Å². The molecule has 0 atom stereocenters. The highest BCUT2D eigenvalue weighted by Crippen LogP contribution is 2.13. The molecule has 0 saturated carbocycles. The van der Waals surface area contributed by atoms with Crippen molar-refractivity contribution < 1.29 is 4.74 Å². The molecule has 1 aromatic heterocycles. The number of aromatic nitrogens is 3. The number of hydrogen-bond donors (Lipinski definition) is 2. The van der Waals surface area contributed by atoms with Gasteiger partial charge in [0.25, 0.3) is 0 Å². The van der Waals surface area contributed by atoms with Gasteiger partial charge in [-0.15, -0.1) is 0 Å². The summed E-state index contributed by atoms with van der Waals surface area (Å²) in [6, 6.07) is 0. The summed E-state index contributed by atoms with van der Waals surface area (Å²) in [6.07, 6.45) is 3.02. The Labute approximate surface area is 123 Å². The SMILES string of the molecule is CNc1nc(NCCCN2CCOCC2)nc(SC)n1. The maximum absolute atomic E-state index is 5.33. The van der Waals surface area contributed by atoms with Crippen LogP contribution < -0.4 is 10.6 Å². The molecule has 1 aliphatic heterocycles. The quantitative estimate of drug-likeness (QED) is 0.565. The Bertz CT molecular complexity index is 391. The Morgan fingerprint density at radius 1 is 1.20 bits per heavy atom. The monoisotopic (exact) mass is 298 g/mol. The van der Waals surface area contributed by atoms with E-state index in [2.05, 4.69) is 30.5 Å². The summed E-state index contributed by atoms with van der Waals surface area (Å²) in [5.41, 5.74) is 0. The molecule has 1 aromatic rings. The zero-order chi connectivity index (χ0) is 14.2. The Morgan fingerprint density at radius 2 is 1.95 bits per heavy atom. The van der Waals surface area contributed by atoms with E-state index in [9.17, 15) is 0 Å². The largest absolute Gasteiger partial charge is 0.379 e. The molecule has 2 rings (SSSR count). The van der Waals surface area contributed by atoms with Crippen LogP contribution in [0.5, 0.6) is 0 Å². The lowest BCUT2D eigenvalue weighted by Crippen LogP contribution is -2.37. The van der Waals surface area contributed by atoms with Crippen LogP contribution in [-0.2, 0) is 4.74 Å². The Balaban J connectivity index is 1.75. The van der Waals surface area contributed by atoms with Gasteiger partial charge in [0.1, 0.15) is 0 Å². The van der Waals surface area contributed by atoms with Crippen LogP contribution in [0, 0.1) is 0 Å². The van der Waals surface area contributed by atoms with Gasteiger partial charge in [0.05, 0.1) is 13.2 Å². The van der Waals surface area contributed by atoms with Gasteiger partial charge in [0.2, 0.25) is 11.9 Å². The predicted octanol–water partition coefficient (Wildman–Crippen LogP) is 0.769. The normalized spacial score (nSPS) is 16.1. The first-order valence-corrected chi connectivity index (χ1v) is 8.06. The topological polar surface area (TPSA) is 75.2 Å². The minimum atomic E-state index is 0.597. The summed E-state index contributed by atoms with van der Waals surface area (Å²) in [5.74, 6) is 1.23. The zero-order valence-electron chi connectivity index (χ0n) is 12.1. The van der Waals surface area contributed by atoms with Crippen molar-refractivity contribution in [3.63, 3.8) is 0 Å². The highest BCUT2D eigenvalue weighted by molar-refractivity contribution is 7.98. The number of ether oxygens (including phenoxy) is 1. The molecule has 0 amide bonds. The van der Waals surface area contributed by atoms with Crippen molar-refractivity contribution in [3.8, 4) is 0 Å². The van der Waals surface area contributed by atoms with Gasteiger partial charge in [-0.2, -0.15) is 15.0 Å². The molecule has 1 aliphatic rings. The third-order valence-corrected chi connectivity index (χ3v) is 3.61. The van der Waals surface area contributed by atoms with Crippen LogP contribution in [0.4, 0.5) is 11.9 Å². The van der Waals surface area contributed by atoms with Crippen molar-refractivity contribution in [2.45, 2.75) is 11.6 Å². The second-order valence-corrected chi connectivity index (χ2v) is 5.23. The molecule has 0 spiro atoms. The molecule has 1 fully saturated rings. The maximum atomic E-state index is 5.33. The van der Waals surface area contributed by atoms with Crippen LogP contribution in [-0.4, -0.2) is 72.5 Å². The van der Waals surface area contributed by atoms with Gasteiger partial charge in [0.15, 0.2) is 5.16 Å². The number of rotatable bonds is 7. The lowest BCUT2D eigenvalue weighted by molar-refractivity contribution is 0.0378. The summed E-state index contributed by atoms with van der Waals surface area (Å²) in [6.45, 7) is 5.71. The second kappa shape index (κ2) is 8.23. The predicted molar refractivity (Wildman–Crippen MR) is 81.5 cm³/mol. The van der Waals surface area contributed by atoms with Gasteiger partial charge < -0.3 is 15.4 Å². The van der Waals surface area contributed by atoms with Gasteiger partial charge in [0, 0.05) is 26.7 Å². The van der Waals surface area contributed by atoms with Crippen molar-refractivity contribution >= 4 is 23.7 Å². The smallest absolute Gasteiger partial charge is 0.228 e. The van der Waals surface area contributed by atoms with Crippen molar-refractivity contribution in [2.75, 3.05) is 63.3 Å². The van der Waals surface area contributed by atoms with Crippen LogP contribution in [0.25, 0.3) is 0 Å². The van der Waals surface area contributed by atoms with Crippen molar-refractivity contribution in [2.24, 2.45) is 0 Å². The molecule has 112 valence electrons. The van der Waals surface area contributed by atoms with Crippen molar-refractivity contribution in [3.05, 3.63) is 0 Å². The minimum absolute atomic E-state index is 0.597. The Kier molecular flexibility index (Phi) is 6.28. The summed E-state index contributed by atoms with van der Waals surface area (Å²) < 4.78 is 5.33. The molecule has 0 radical (unpaired) electrons. The van der Waals surface area contributed by atoms with Gasteiger partial charge in [-0.1, -0.05) is 11.8 Å². The Hall–Kier alpha value is -1.12. The summed E-state index contributed by atoms with van der Waals surface area (Å²) in [4.78, 5) is 15.3. The lowest BCUT2D eigenvalue weighted by atomic mass is 10.3.